The molecule has 0 saturated heterocycles. The van der Waals surface area contributed by atoms with Crippen LogP contribution in [-0.4, -0.2) is 36.0 Å². The van der Waals surface area contributed by atoms with Crippen molar-refractivity contribution in [3.63, 3.8) is 0 Å². The predicted molar refractivity (Wildman–Crippen MR) is 123 cm³/mol. The zero-order valence-electron chi connectivity index (χ0n) is 18.4. The van der Waals surface area contributed by atoms with E-state index in [0.717, 1.165) is 63.2 Å². The quantitative estimate of drug-likeness (QED) is 0.315. The summed E-state index contributed by atoms with van der Waals surface area (Å²) in [6, 6.07) is 6.34. The van der Waals surface area contributed by atoms with Crippen LogP contribution in [0.25, 0.3) is 10.8 Å². The van der Waals surface area contributed by atoms with Crippen molar-refractivity contribution in [3.05, 3.63) is 44.5 Å². The van der Waals surface area contributed by atoms with Gasteiger partial charge in [0.2, 0.25) is 0 Å². The highest BCUT2D eigenvalue weighted by molar-refractivity contribution is 6.12. The van der Waals surface area contributed by atoms with Gasteiger partial charge in [0.25, 0.3) is 11.4 Å². The van der Waals surface area contributed by atoms with Gasteiger partial charge in [0, 0.05) is 55.1 Å². The molecule has 0 aliphatic carbocycles. The highest BCUT2D eigenvalue weighted by atomic mass is 16.6. The molecule has 164 valence electrons. The number of nitrogens with zero attached hydrogens (tertiary/aromatic N) is 4. The van der Waals surface area contributed by atoms with E-state index in [0.29, 0.717) is 5.39 Å². The number of nitro benzene ring substituents is 2. The van der Waals surface area contributed by atoms with E-state index < -0.39 is 9.85 Å². The van der Waals surface area contributed by atoms with E-state index in [2.05, 4.69) is 37.5 Å². The monoisotopic (exact) mass is 416 g/mol. The molecule has 0 N–H and O–H groups in total. The van der Waals surface area contributed by atoms with Gasteiger partial charge >= 0.3 is 0 Å². The zero-order valence-corrected chi connectivity index (χ0v) is 18.4. The van der Waals surface area contributed by atoms with Crippen LogP contribution >= 0.6 is 0 Å². The summed E-state index contributed by atoms with van der Waals surface area (Å²) in [6.45, 7) is 11.5. The van der Waals surface area contributed by atoms with Gasteiger partial charge < -0.3 is 9.80 Å². The summed E-state index contributed by atoms with van der Waals surface area (Å²) in [5.74, 6) is 0. The van der Waals surface area contributed by atoms with E-state index >= 15 is 0 Å². The number of nitro groups is 2. The van der Waals surface area contributed by atoms with Crippen LogP contribution in [0.15, 0.2) is 24.3 Å². The van der Waals surface area contributed by atoms with Gasteiger partial charge in [-0.1, -0.05) is 27.7 Å². The second-order valence-electron chi connectivity index (χ2n) is 7.45. The van der Waals surface area contributed by atoms with Gasteiger partial charge in [-0.15, -0.1) is 0 Å². The Bertz CT molecular complexity index is 820. The van der Waals surface area contributed by atoms with Crippen molar-refractivity contribution >= 4 is 33.5 Å². The minimum Gasteiger partial charge on any atom is -0.371 e. The van der Waals surface area contributed by atoms with Crippen molar-refractivity contribution in [2.24, 2.45) is 0 Å². The normalized spacial score (nSPS) is 10.9. The fourth-order valence-electron chi connectivity index (χ4n) is 4.04. The summed E-state index contributed by atoms with van der Waals surface area (Å²) in [4.78, 5) is 27.0. The van der Waals surface area contributed by atoms with Crippen LogP contribution in [-0.2, 0) is 0 Å². The van der Waals surface area contributed by atoms with Crippen LogP contribution in [0, 0.1) is 20.2 Å². The molecule has 0 spiro atoms. The summed E-state index contributed by atoms with van der Waals surface area (Å²) in [5.41, 5.74) is 1.22. The largest absolute Gasteiger partial charge is 0.371 e. The highest BCUT2D eigenvalue weighted by Crippen LogP contribution is 2.44. The van der Waals surface area contributed by atoms with Crippen molar-refractivity contribution in [1.82, 2.24) is 0 Å². The molecule has 0 fully saturated rings. The Labute approximate surface area is 177 Å². The molecule has 0 atom stereocenters. The Morgan fingerprint density at radius 2 is 0.967 bits per heavy atom. The number of anilines is 2. The Morgan fingerprint density at radius 1 is 0.633 bits per heavy atom. The number of hydrogen-bond acceptors (Lipinski definition) is 6. The van der Waals surface area contributed by atoms with Crippen molar-refractivity contribution < 1.29 is 9.85 Å². The van der Waals surface area contributed by atoms with Crippen molar-refractivity contribution in [2.75, 3.05) is 36.0 Å². The molecule has 8 heteroatoms. The number of non-ortho nitro benzene ring substituents is 2. The summed E-state index contributed by atoms with van der Waals surface area (Å²) in [5, 5.41) is 24.4. The Hall–Kier alpha value is -2.90. The zero-order chi connectivity index (χ0) is 22.3. The third-order valence-electron chi connectivity index (χ3n) is 5.12. The van der Waals surface area contributed by atoms with E-state index in [9.17, 15) is 20.2 Å². The summed E-state index contributed by atoms with van der Waals surface area (Å²) in [7, 11) is 0. The third kappa shape index (κ3) is 4.80. The standard InChI is InChI=1S/C22H32N4O4/c1-5-13-23(14-6-2)17-9-11-19(25(27)28)22-20(26(29)30)12-10-18(21(17)22)24(15-7-3)16-8-4/h9-12H,5-8,13-16H2,1-4H3. The number of benzene rings is 2. The van der Waals surface area contributed by atoms with E-state index in [1.165, 1.54) is 12.1 Å². The van der Waals surface area contributed by atoms with Gasteiger partial charge in [-0.25, -0.2) is 0 Å². The maximum absolute atomic E-state index is 11.8. The first-order valence-electron chi connectivity index (χ1n) is 10.8. The highest BCUT2D eigenvalue weighted by Gasteiger charge is 2.28. The van der Waals surface area contributed by atoms with Crippen molar-refractivity contribution in [3.8, 4) is 0 Å². The predicted octanol–water partition coefficient (Wildman–Crippen LogP) is 5.91. The number of fused-ring (bicyclic) bond motifs is 1. The van der Waals surface area contributed by atoms with Crippen molar-refractivity contribution in [2.45, 2.75) is 53.4 Å². The van der Waals surface area contributed by atoms with Crippen LogP contribution in [0.3, 0.4) is 0 Å². The fraction of sp³-hybridized carbons (Fsp3) is 0.545. The van der Waals surface area contributed by atoms with Gasteiger partial charge in [-0.3, -0.25) is 20.2 Å². The molecular weight excluding hydrogens is 384 g/mol. The lowest BCUT2D eigenvalue weighted by atomic mass is 10.0. The molecule has 2 aromatic carbocycles. The second kappa shape index (κ2) is 10.8. The first kappa shape index (κ1) is 23.4. The Morgan fingerprint density at radius 3 is 1.23 bits per heavy atom. The van der Waals surface area contributed by atoms with Crippen LogP contribution in [0.1, 0.15) is 53.4 Å². The lowest BCUT2D eigenvalue weighted by Crippen LogP contribution is -2.28. The summed E-state index contributed by atoms with van der Waals surface area (Å²) >= 11 is 0. The molecule has 8 nitrogen and oxygen atoms in total. The van der Waals surface area contributed by atoms with Gasteiger partial charge in [-0.05, 0) is 37.8 Å². The molecule has 0 bridgehead atoms. The topological polar surface area (TPSA) is 92.8 Å². The fourth-order valence-corrected chi connectivity index (χ4v) is 4.04. The summed E-state index contributed by atoms with van der Waals surface area (Å²) < 4.78 is 0. The van der Waals surface area contributed by atoms with Gasteiger partial charge in [0.05, 0.1) is 9.85 Å². The first-order valence-corrected chi connectivity index (χ1v) is 10.8. The van der Waals surface area contributed by atoms with Gasteiger partial charge in [-0.2, -0.15) is 0 Å². The van der Waals surface area contributed by atoms with E-state index in [-0.39, 0.29) is 16.8 Å². The number of hydrogen-bond donors (Lipinski definition) is 0. The lowest BCUT2D eigenvalue weighted by Gasteiger charge is -2.30. The molecule has 0 saturated carbocycles. The Kier molecular flexibility index (Phi) is 8.38. The molecule has 0 aromatic heterocycles. The van der Waals surface area contributed by atoms with E-state index in [1.807, 2.05) is 0 Å². The van der Waals surface area contributed by atoms with Crippen LogP contribution in [0.2, 0.25) is 0 Å². The molecule has 0 heterocycles. The minimum atomic E-state index is -0.517. The summed E-state index contributed by atoms with van der Waals surface area (Å²) in [6.07, 6.45) is 3.65. The molecule has 0 radical (unpaired) electrons. The Balaban J connectivity index is 2.99. The van der Waals surface area contributed by atoms with Crippen LogP contribution in [0.5, 0.6) is 0 Å². The average molecular weight is 417 g/mol. The smallest absolute Gasteiger partial charge is 0.284 e. The van der Waals surface area contributed by atoms with Crippen molar-refractivity contribution in [1.29, 1.82) is 0 Å². The molecular formula is C22H32N4O4. The minimum absolute atomic E-state index is 0.120. The van der Waals surface area contributed by atoms with Gasteiger partial charge in [0.15, 0.2) is 0 Å². The molecule has 0 unspecified atom stereocenters. The van der Waals surface area contributed by atoms with Gasteiger partial charge in [0.1, 0.15) is 5.39 Å². The molecule has 30 heavy (non-hydrogen) atoms. The molecule has 2 rings (SSSR count). The average Bonchev–Trinajstić information content (AvgIpc) is 2.71. The molecule has 2 aromatic rings. The SMILES string of the molecule is CCCN(CCC)c1ccc([N+](=O)[O-])c2c([N+](=O)[O-])ccc(N(CCC)CCC)c12. The van der Waals surface area contributed by atoms with Crippen LogP contribution < -0.4 is 9.80 Å². The lowest BCUT2D eigenvalue weighted by molar-refractivity contribution is -0.390. The second-order valence-corrected chi connectivity index (χ2v) is 7.45. The number of rotatable bonds is 12. The van der Waals surface area contributed by atoms with Crippen LogP contribution in [0.4, 0.5) is 22.7 Å². The van der Waals surface area contributed by atoms with E-state index in [4.69, 9.17) is 0 Å². The van der Waals surface area contributed by atoms with E-state index in [1.54, 1.807) is 12.1 Å². The third-order valence-corrected chi connectivity index (χ3v) is 5.12. The molecule has 0 amide bonds. The molecule has 0 aliphatic heterocycles. The maximum atomic E-state index is 11.8. The molecule has 0 aliphatic rings. The maximum Gasteiger partial charge on any atom is 0.284 e. The first-order chi connectivity index (χ1) is 14.4.